The lowest BCUT2D eigenvalue weighted by molar-refractivity contribution is -0.118. The van der Waals surface area contributed by atoms with Crippen molar-refractivity contribution in [2.45, 2.75) is 31.6 Å². The topological polar surface area (TPSA) is 75.7 Å². The van der Waals surface area contributed by atoms with Gasteiger partial charge in [-0.3, -0.25) is 9.52 Å². The summed E-state index contributed by atoms with van der Waals surface area (Å²) in [5.74, 6) is 0.419. The van der Waals surface area contributed by atoms with Crippen molar-refractivity contribution in [3.63, 3.8) is 0 Å². The molecule has 1 amide bonds. The molecule has 1 aliphatic heterocycles. The number of amides is 1. The number of rotatable bonds is 6. The molecule has 2 aromatic rings. The molecule has 0 spiro atoms. The second-order valence-corrected chi connectivity index (χ2v) is 7.62. The van der Waals surface area contributed by atoms with Crippen LogP contribution in [0.2, 0.25) is 0 Å². The summed E-state index contributed by atoms with van der Waals surface area (Å²) in [4.78, 5) is 13.8. The standard InChI is InChI=1S/C19H22N2O4S/c1-3-21-16-11-10-15(13-14(16)9-12-19(21)22)20-26(23,24)18-8-6-5-7-17(18)25-4-2/h5-8,10-11,13,20H,3-4,9,12H2,1-2H3. The van der Waals surface area contributed by atoms with Gasteiger partial charge in [0.1, 0.15) is 10.6 Å². The quantitative estimate of drug-likeness (QED) is 0.843. The number of para-hydroxylation sites is 1. The summed E-state index contributed by atoms with van der Waals surface area (Å²) in [5, 5.41) is 0. The van der Waals surface area contributed by atoms with Crippen molar-refractivity contribution < 1.29 is 17.9 Å². The molecule has 0 bridgehead atoms. The molecule has 1 aliphatic rings. The number of benzene rings is 2. The summed E-state index contributed by atoms with van der Waals surface area (Å²) in [6.45, 7) is 4.71. The predicted molar refractivity (Wildman–Crippen MR) is 101 cm³/mol. The van der Waals surface area contributed by atoms with Gasteiger partial charge in [-0.05, 0) is 56.2 Å². The van der Waals surface area contributed by atoms with Gasteiger partial charge in [0.25, 0.3) is 10.0 Å². The molecular weight excluding hydrogens is 352 g/mol. The van der Waals surface area contributed by atoms with Crippen molar-refractivity contribution in [1.82, 2.24) is 0 Å². The molecule has 0 aromatic heterocycles. The van der Waals surface area contributed by atoms with Gasteiger partial charge in [-0.2, -0.15) is 0 Å². The number of carbonyl (C=O) groups excluding carboxylic acids is 1. The Labute approximate surface area is 153 Å². The van der Waals surface area contributed by atoms with E-state index in [0.717, 1.165) is 11.3 Å². The monoisotopic (exact) mass is 374 g/mol. The van der Waals surface area contributed by atoms with E-state index in [4.69, 9.17) is 4.74 Å². The molecule has 0 atom stereocenters. The summed E-state index contributed by atoms with van der Waals surface area (Å²) in [6, 6.07) is 11.8. The molecule has 1 heterocycles. The van der Waals surface area contributed by atoms with Gasteiger partial charge in [0.15, 0.2) is 0 Å². The molecule has 0 saturated heterocycles. The number of anilines is 2. The Bertz CT molecular complexity index is 925. The summed E-state index contributed by atoms with van der Waals surface area (Å²) in [5.41, 5.74) is 2.28. The number of hydrogen-bond acceptors (Lipinski definition) is 4. The van der Waals surface area contributed by atoms with Crippen LogP contribution >= 0.6 is 0 Å². The van der Waals surface area contributed by atoms with Crippen molar-refractivity contribution in [2.24, 2.45) is 0 Å². The van der Waals surface area contributed by atoms with Crippen LogP contribution in [-0.2, 0) is 21.2 Å². The second kappa shape index (κ2) is 7.37. The molecule has 7 heteroatoms. The Morgan fingerprint density at radius 1 is 1.12 bits per heavy atom. The lowest BCUT2D eigenvalue weighted by atomic mass is 10.0. The fourth-order valence-corrected chi connectivity index (χ4v) is 4.32. The number of sulfonamides is 1. The summed E-state index contributed by atoms with van der Waals surface area (Å²) >= 11 is 0. The number of ether oxygens (including phenoxy) is 1. The summed E-state index contributed by atoms with van der Waals surface area (Å²) in [6.07, 6.45) is 1.04. The highest BCUT2D eigenvalue weighted by atomic mass is 32.2. The lowest BCUT2D eigenvalue weighted by Crippen LogP contribution is -2.34. The fraction of sp³-hybridized carbons (Fsp3) is 0.316. The largest absolute Gasteiger partial charge is 0.492 e. The predicted octanol–water partition coefficient (Wildman–Crippen LogP) is 3.19. The van der Waals surface area contributed by atoms with Crippen LogP contribution in [0.5, 0.6) is 5.75 Å². The molecule has 0 fully saturated rings. The number of nitrogens with one attached hydrogen (secondary N) is 1. The van der Waals surface area contributed by atoms with Crippen molar-refractivity contribution in [1.29, 1.82) is 0 Å². The Morgan fingerprint density at radius 2 is 1.88 bits per heavy atom. The molecule has 0 aliphatic carbocycles. The lowest BCUT2D eigenvalue weighted by Gasteiger charge is -2.28. The zero-order valence-corrected chi connectivity index (χ0v) is 15.7. The molecule has 26 heavy (non-hydrogen) atoms. The van der Waals surface area contributed by atoms with Gasteiger partial charge in [-0.25, -0.2) is 8.42 Å². The van der Waals surface area contributed by atoms with E-state index in [2.05, 4.69) is 4.72 Å². The number of carbonyl (C=O) groups is 1. The number of nitrogens with zero attached hydrogens (tertiary/aromatic N) is 1. The highest BCUT2D eigenvalue weighted by Crippen LogP contribution is 2.32. The molecule has 0 unspecified atom stereocenters. The molecule has 0 radical (unpaired) electrons. The van der Waals surface area contributed by atoms with Gasteiger partial charge < -0.3 is 9.64 Å². The van der Waals surface area contributed by atoms with Crippen LogP contribution in [0.25, 0.3) is 0 Å². The van der Waals surface area contributed by atoms with Crippen LogP contribution in [0.15, 0.2) is 47.4 Å². The molecule has 6 nitrogen and oxygen atoms in total. The van der Waals surface area contributed by atoms with E-state index in [0.29, 0.717) is 37.4 Å². The van der Waals surface area contributed by atoms with Crippen molar-refractivity contribution in [3.05, 3.63) is 48.0 Å². The Hall–Kier alpha value is -2.54. The van der Waals surface area contributed by atoms with Gasteiger partial charge in [-0.1, -0.05) is 12.1 Å². The molecule has 0 saturated carbocycles. The van der Waals surface area contributed by atoms with Gasteiger partial charge in [0, 0.05) is 24.3 Å². The van der Waals surface area contributed by atoms with Crippen molar-refractivity contribution >= 4 is 27.3 Å². The van der Waals surface area contributed by atoms with Crippen molar-refractivity contribution in [2.75, 3.05) is 22.8 Å². The average Bonchev–Trinajstić information content (AvgIpc) is 2.62. The molecule has 3 rings (SSSR count). The summed E-state index contributed by atoms with van der Waals surface area (Å²) < 4.78 is 33.6. The normalized spacial score (nSPS) is 14.1. The Balaban J connectivity index is 1.91. The van der Waals surface area contributed by atoms with E-state index in [-0.39, 0.29) is 10.8 Å². The SMILES string of the molecule is CCOc1ccccc1S(=O)(=O)Nc1ccc2c(c1)CCC(=O)N2CC. The van der Waals surface area contributed by atoms with E-state index in [9.17, 15) is 13.2 Å². The Kier molecular flexibility index (Phi) is 5.18. The maximum absolute atomic E-state index is 12.8. The van der Waals surface area contributed by atoms with Crippen LogP contribution in [-0.4, -0.2) is 27.5 Å². The van der Waals surface area contributed by atoms with E-state index >= 15 is 0 Å². The molecular formula is C19H22N2O4S. The number of aryl methyl sites for hydroxylation is 1. The van der Waals surface area contributed by atoms with Gasteiger partial charge in [-0.15, -0.1) is 0 Å². The first-order valence-corrected chi connectivity index (χ1v) is 10.1. The first kappa shape index (κ1) is 18.3. The minimum atomic E-state index is -3.78. The third kappa shape index (κ3) is 3.53. The zero-order valence-electron chi connectivity index (χ0n) is 14.9. The van der Waals surface area contributed by atoms with Crippen LogP contribution in [0.1, 0.15) is 25.8 Å². The van der Waals surface area contributed by atoms with Gasteiger partial charge >= 0.3 is 0 Å². The van der Waals surface area contributed by atoms with Gasteiger partial charge in [0.2, 0.25) is 5.91 Å². The first-order chi connectivity index (χ1) is 12.5. The van der Waals surface area contributed by atoms with E-state index < -0.39 is 10.0 Å². The smallest absolute Gasteiger partial charge is 0.265 e. The minimum Gasteiger partial charge on any atom is -0.492 e. The molecule has 1 N–H and O–H groups in total. The number of hydrogen-bond donors (Lipinski definition) is 1. The van der Waals surface area contributed by atoms with Crippen molar-refractivity contribution in [3.8, 4) is 5.75 Å². The molecule has 2 aromatic carbocycles. The van der Waals surface area contributed by atoms with Crippen LogP contribution in [0.4, 0.5) is 11.4 Å². The third-order valence-electron chi connectivity index (χ3n) is 4.29. The van der Waals surface area contributed by atoms with Crippen LogP contribution in [0.3, 0.4) is 0 Å². The van der Waals surface area contributed by atoms with Crippen LogP contribution in [0, 0.1) is 0 Å². The second-order valence-electron chi connectivity index (χ2n) is 5.97. The van der Waals surface area contributed by atoms with Gasteiger partial charge in [0.05, 0.1) is 6.61 Å². The minimum absolute atomic E-state index is 0.0963. The van der Waals surface area contributed by atoms with E-state index in [1.165, 1.54) is 6.07 Å². The van der Waals surface area contributed by atoms with E-state index in [1.807, 2.05) is 6.92 Å². The average molecular weight is 374 g/mol. The number of fused-ring (bicyclic) bond motifs is 1. The Morgan fingerprint density at radius 3 is 2.62 bits per heavy atom. The highest BCUT2D eigenvalue weighted by molar-refractivity contribution is 7.92. The zero-order chi connectivity index (χ0) is 18.7. The fourth-order valence-electron chi connectivity index (χ4n) is 3.13. The third-order valence-corrected chi connectivity index (χ3v) is 5.71. The molecule has 138 valence electrons. The first-order valence-electron chi connectivity index (χ1n) is 8.64. The highest BCUT2D eigenvalue weighted by Gasteiger charge is 2.24. The maximum Gasteiger partial charge on any atom is 0.265 e. The summed E-state index contributed by atoms with van der Waals surface area (Å²) in [7, 11) is -3.78. The van der Waals surface area contributed by atoms with Crippen LogP contribution < -0.4 is 14.4 Å². The maximum atomic E-state index is 12.8. The van der Waals surface area contributed by atoms with E-state index in [1.54, 1.807) is 48.2 Å².